The lowest BCUT2D eigenvalue weighted by Gasteiger charge is -2.33. The molecule has 0 amide bonds. The van der Waals surface area contributed by atoms with E-state index in [2.05, 4.69) is 39.2 Å². The summed E-state index contributed by atoms with van der Waals surface area (Å²) in [5.74, 6) is 7.12. The lowest BCUT2D eigenvalue weighted by Crippen LogP contribution is -2.43. The average Bonchev–Trinajstić information content (AvgIpc) is 2.45. The molecule has 1 fully saturated rings. The molecule has 0 aromatic carbocycles. The van der Waals surface area contributed by atoms with E-state index in [1.165, 1.54) is 12.8 Å². The fourth-order valence-electron chi connectivity index (χ4n) is 2.32. The van der Waals surface area contributed by atoms with Gasteiger partial charge in [-0.25, -0.2) is 4.98 Å². The fourth-order valence-corrected chi connectivity index (χ4v) is 2.32. The van der Waals surface area contributed by atoms with Gasteiger partial charge in [0.05, 0.1) is 0 Å². The maximum Gasteiger partial charge on any atom is 0.128 e. The molecule has 0 atom stereocenters. The summed E-state index contributed by atoms with van der Waals surface area (Å²) >= 11 is 0. The first-order valence-electron chi connectivity index (χ1n) is 6.69. The van der Waals surface area contributed by atoms with Gasteiger partial charge in [-0.1, -0.05) is 6.07 Å². The fraction of sp³-hybridized carbons (Fsp3) is 0.533. The third-order valence-corrected chi connectivity index (χ3v) is 3.33. The Labute approximate surface area is 110 Å². The van der Waals surface area contributed by atoms with Gasteiger partial charge >= 0.3 is 0 Å². The molecule has 1 N–H and O–H groups in total. The van der Waals surface area contributed by atoms with Crippen molar-refractivity contribution >= 4 is 5.82 Å². The third kappa shape index (κ3) is 3.75. The molecule has 1 saturated heterocycles. The zero-order valence-electron chi connectivity index (χ0n) is 11.0. The first kappa shape index (κ1) is 12.9. The Hall–Kier alpha value is -1.53. The lowest BCUT2D eigenvalue weighted by atomic mass is 10.0. The van der Waals surface area contributed by atoms with E-state index in [-0.39, 0.29) is 0 Å². The van der Waals surface area contributed by atoms with Crippen LogP contribution in [-0.2, 0) is 0 Å². The van der Waals surface area contributed by atoms with Crippen molar-refractivity contribution in [2.45, 2.75) is 32.2 Å². The van der Waals surface area contributed by atoms with Gasteiger partial charge in [0.2, 0.25) is 0 Å². The number of aromatic nitrogens is 1. The van der Waals surface area contributed by atoms with E-state index < -0.39 is 0 Å². The van der Waals surface area contributed by atoms with Crippen LogP contribution in [0.25, 0.3) is 0 Å². The van der Waals surface area contributed by atoms with E-state index in [0.29, 0.717) is 6.04 Å². The maximum atomic E-state index is 4.40. The SMILES string of the molecule is CC#CCCNC1CCN(c2ccccn2)CC1. The molecule has 0 radical (unpaired) electrons. The van der Waals surface area contributed by atoms with Crippen molar-refractivity contribution in [2.75, 3.05) is 24.5 Å². The summed E-state index contributed by atoms with van der Waals surface area (Å²) in [6, 6.07) is 6.75. The highest BCUT2D eigenvalue weighted by Crippen LogP contribution is 2.16. The van der Waals surface area contributed by atoms with E-state index in [9.17, 15) is 0 Å². The standard InChI is InChI=1S/C15H21N3/c1-2-3-5-10-16-14-8-12-18(13-9-14)15-7-4-6-11-17-15/h4,6-7,11,14,16H,5,8-10,12-13H2,1H3. The van der Waals surface area contributed by atoms with Crippen molar-refractivity contribution in [2.24, 2.45) is 0 Å². The second kappa shape index (κ2) is 7.03. The van der Waals surface area contributed by atoms with E-state index in [4.69, 9.17) is 0 Å². The molecule has 18 heavy (non-hydrogen) atoms. The molecule has 2 heterocycles. The summed E-state index contributed by atoms with van der Waals surface area (Å²) in [4.78, 5) is 6.77. The summed E-state index contributed by atoms with van der Waals surface area (Å²) < 4.78 is 0. The number of nitrogens with zero attached hydrogens (tertiary/aromatic N) is 2. The largest absolute Gasteiger partial charge is 0.357 e. The van der Waals surface area contributed by atoms with Crippen LogP contribution in [0.4, 0.5) is 5.82 Å². The number of nitrogens with one attached hydrogen (secondary N) is 1. The van der Waals surface area contributed by atoms with Crippen molar-refractivity contribution in [3.05, 3.63) is 24.4 Å². The Bertz CT molecular complexity index is 397. The van der Waals surface area contributed by atoms with Crippen LogP contribution in [0.2, 0.25) is 0 Å². The topological polar surface area (TPSA) is 28.2 Å². The summed E-state index contributed by atoms with van der Waals surface area (Å²) in [7, 11) is 0. The molecule has 1 aromatic heterocycles. The van der Waals surface area contributed by atoms with E-state index in [1.807, 2.05) is 19.2 Å². The molecule has 3 nitrogen and oxygen atoms in total. The molecule has 0 aliphatic carbocycles. The van der Waals surface area contributed by atoms with Gasteiger partial charge < -0.3 is 10.2 Å². The quantitative estimate of drug-likeness (QED) is 0.648. The van der Waals surface area contributed by atoms with Crippen molar-refractivity contribution in [3.63, 3.8) is 0 Å². The molecule has 2 rings (SSSR count). The second-order valence-corrected chi connectivity index (χ2v) is 4.58. The first-order chi connectivity index (χ1) is 8.90. The highest BCUT2D eigenvalue weighted by atomic mass is 15.2. The Balaban J connectivity index is 1.72. The minimum absolute atomic E-state index is 0.642. The summed E-state index contributed by atoms with van der Waals surface area (Å²) in [6.45, 7) is 5.09. The van der Waals surface area contributed by atoms with Gasteiger partial charge in [-0.2, -0.15) is 0 Å². The number of anilines is 1. The van der Waals surface area contributed by atoms with Crippen LogP contribution in [-0.4, -0.2) is 30.7 Å². The average molecular weight is 243 g/mol. The van der Waals surface area contributed by atoms with E-state index in [1.54, 1.807) is 0 Å². The molecule has 1 aliphatic heterocycles. The summed E-state index contributed by atoms with van der Waals surface area (Å²) in [6.07, 6.45) is 5.20. The Morgan fingerprint density at radius 2 is 2.22 bits per heavy atom. The van der Waals surface area contributed by atoms with Gasteiger partial charge in [-0.3, -0.25) is 0 Å². The maximum absolute atomic E-state index is 4.40. The van der Waals surface area contributed by atoms with E-state index in [0.717, 1.165) is 31.9 Å². The van der Waals surface area contributed by atoms with Crippen LogP contribution >= 0.6 is 0 Å². The highest BCUT2D eigenvalue weighted by molar-refractivity contribution is 5.38. The number of piperidine rings is 1. The highest BCUT2D eigenvalue weighted by Gasteiger charge is 2.18. The molecular formula is C15H21N3. The Morgan fingerprint density at radius 3 is 2.89 bits per heavy atom. The summed E-state index contributed by atoms with van der Waals surface area (Å²) in [5, 5.41) is 3.58. The number of rotatable bonds is 4. The van der Waals surface area contributed by atoms with Crippen LogP contribution in [0.1, 0.15) is 26.2 Å². The Morgan fingerprint density at radius 1 is 1.39 bits per heavy atom. The zero-order valence-corrected chi connectivity index (χ0v) is 11.0. The van der Waals surface area contributed by atoms with Gasteiger partial charge in [0.1, 0.15) is 5.82 Å². The van der Waals surface area contributed by atoms with Gasteiger partial charge in [-0.05, 0) is 31.9 Å². The first-order valence-corrected chi connectivity index (χ1v) is 6.69. The van der Waals surface area contributed by atoms with Crippen molar-refractivity contribution in [1.82, 2.24) is 10.3 Å². The summed E-state index contributed by atoms with van der Waals surface area (Å²) in [5.41, 5.74) is 0. The molecule has 0 unspecified atom stereocenters. The predicted molar refractivity (Wildman–Crippen MR) is 75.5 cm³/mol. The van der Waals surface area contributed by atoms with Gasteiger partial charge in [0.15, 0.2) is 0 Å². The smallest absolute Gasteiger partial charge is 0.128 e. The minimum atomic E-state index is 0.642. The van der Waals surface area contributed by atoms with Crippen LogP contribution in [0.15, 0.2) is 24.4 Å². The second-order valence-electron chi connectivity index (χ2n) is 4.58. The third-order valence-electron chi connectivity index (χ3n) is 3.33. The number of hydrogen-bond donors (Lipinski definition) is 1. The molecule has 1 aliphatic rings. The Kier molecular flexibility index (Phi) is 5.04. The molecular weight excluding hydrogens is 222 g/mol. The minimum Gasteiger partial charge on any atom is -0.357 e. The van der Waals surface area contributed by atoms with Crippen LogP contribution in [0.5, 0.6) is 0 Å². The zero-order chi connectivity index (χ0) is 12.6. The lowest BCUT2D eigenvalue weighted by molar-refractivity contribution is 0.418. The molecule has 96 valence electrons. The van der Waals surface area contributed by atoms with Crippen LogP contribution in [0.3, 0.4) is 0 Å². The van der Waals surface area contributed by atoms with E-state index >= 15 is 0 Å². The molecule has 0 spiro atoms. The predicted octanol–water partition coefficient (Wildman–Crippen LogP) is 2.05. The molecule has 3 heteroatoms. The van der Waals surface area contributed by atoms with Crippen LogP contribution < -0.4 is 10.2 Å². The molecule has 0 saturated carbocycles. The van der Waals surface area contributed by atoms with Gasteiger partial charge in [-0.15, -0.1) is 11.8 Å². The number of pyridine rings is 1. The molecule has 0 bridgehead atoms. The van der Waals surface area contributed by atoms with Crippen molar-refractivity contribution in [3.8, 4) is 11.8 Å². The monoisotopic (exact) mass is 243 g/mol. The van der Waals surface area contributed by atoms with Gasteiger partial charge in [0.25, 0.3) is 0 Å². The van der Waals surface area contributed by atoms with Crippen LogP contribution in [0, 0.1) is 11.8 Å². The van der Waals surface area contributed by atoms with Crippen molar-refractivity contribution in [1.29, 1.82) is 0 Å². The van der Waals surface area contributed by atoms with Crippen molar-refractivity contribution < 1.29 is 0 Å². The normalized spacial score (nSPS) is 16.2. The number of hydrogen-bond acceptors (Lipinski definition) is 3. The van der Waals surface area contributed by atoms with Gasteiger partial charge in [0, 0.05) is 38.3 Å². The molecule has 1 aromatic rings.